The number of nitrogens with zero attached hydrogens (tertiary/aromatic N) is 2. The number of amides is 1. The van der Waals surface area contributed by atoms with E-state index in [9.17, 15) is 4.79 Å². The van der Waals surface area contributed by atoms with Gasteiger partial charge in [-0.1, -0.05) is 12.1 Å². The Balaban J connectivity index is 1.19. The lowest BCUT2D eigenvalue weighted by molar-refractivity contribution is -0.122. The Kier molecular flexibility index (Phi) is 5.99. The number of hydrogen-bond acceptors (Lipinski definition) is 5. The summed E-state index contributed by atoms with van der Waals surface area (Å²) >= 11 is 1.68. The molecule has 3 heterocycles. The third-order valence-corrected chi connectivity index (χ3v) is 7.31. The number of likely N-dealkylation sites (tertiary alicyclic amines) is 1. The fourth-order valence-corrected chi connectivity index (χ4v) is 5.39. The first-order valence-electron chi connectivity index (χ1n) is 10.6. The zero-order valence-corrected chi connectivity index (χ0v) is 17.8. The van der Waals surface area contributed by atoms with Crippen molar-refractivity contribution >= 4 is 27.5 Å². The lowest BCUT2D eigenvalue weighted by Gasteiger charge is -2.40. The van der Waals surface area contributed by atoms with E-state index in [-0.39, 0.29) is 17.6 Å². The summed E-state index contributed by atoms with van der Waals surface area (Å²) in [5.41, 5.74) is 1.08. The Labute approximate surface area is 171 Å². The van der Waals surface area contributed by atoms with E-state index in [4.69, 9.17) is 4.74 Å². The zero-order chi connectivity index (χ0) is 19.6. The number of thiazole rings is 1. The number of hydrogen-bond donors (Lipinski definition) is 1. The van der Waals surface area contributed by atoms with Crippen molar-refractivity contribution in [3.8, 4) is 0 Å². The average Bonchev–Trinajstić information content (AvgIpc) is 3.29. The van der Waals surface area contributed by atoms with Crippen molar-refractivity contribution in [3.63, 3.8) is 0 Å². The first kappa shape index (κ1) is 19.8. The molecular weight excluding hydrogens is 370 g/mol. The number of ether oxygens (including phenoxy) is 1. The van der Waals surface area contributed by atoms with Crippen LogP contribution >= 0.6 is 11.3 Å². The molecule has 1 spiro atoms. The second-order valence-electron chi connectivity index (χ2n) is 8.47. The van der Waals surface area contributed by atoms with Crippen molar-refractivity contribution in [3.05, 3.63) is 29.3 Å². The first-order valence-corrected chi connectivity index (χ1v) is 11.4. The van der Waals surface area contributed by atoms with Crippen molar-refractivity contribution in [2.75, 3.05) is 19.6 Å². The molecule has 1 aromatic heterocycles. The van der Waals surface area contributed by atoms with Crippen LogP contribution in [0.5, 0.6) is 0 Å². The molecule has 2 aliphatic rings. The molecule has 28 heavy (non-hydrogen) atoms. The number of carbonyl (C=O) groups is 1. The first-order chi connectivity index (χ1) is 13.5. The van der Waals surface area contributed by atoms with Gasteiger partial charge in [-0.25, -0.2) is 4.98 Å². The molecule has 2 saturated heterocycles. The van der Waals surface area contributed by atoms with Crippen LogP contribution in [0, 0.1) is 0 Å². The van der Waals surface area contributed by atoms with E-state index in [1.807, 2.05) is 18.2 Å². The number of para-hydroxylation sites is 1. The van der Waals surface area contributed by atoms with E-state index < -0.39 is 0 Å². The van der Waals surface area contributed by atoms with Gasteiger partial charge in [-0.15, -0.1) is 11.3 Å². The molecule has 1 unspecified atom stereocenters. The Morgan fingerprint density at radius 2 is 2.11 bits per heavy atom. The third kappa shape index (κ3) is 4.56. The van der Waals surface area contributed by atoms with E-state index in [2.05, 4.69) is 35.1 Å². The minimum absolute atomic E-state index is 0.0573. The summed E-state index contributed by atoms with van der Waals surface area (Å²) in [4.78, 5) is 19.4. The molecule has 2 fully saturated rings. The molecule has 5 nitrogen and oxygen atoms in total. The monoisotopic (exact) mass is 401 g/mol. The van der Waals surface area contributed by atoms with Crippen molar-refractivity contribution in [2.24, 2.45) is 0 Å². The highest BCUT2D eigenvalue weighted by molar-refractivity contribution is 7.18. The summed E-state index contributed by atoms with van der Waals surface area (Å²) in [5, 5.41) is 4.11. The van der Waals surface area contributed by atoms with Crippen LogP contribution in [0.2, 0.25) is 0 Å². The topological polar surface area (TPSA) is 54.5 Å². The van der Waals surface area contributed by atoms with Gasteiger partial charge in [-0.3, -0.25) is 4.79 Å². The maximum absolute atomic E-state index is 12.3. The molecular formula is C22H31N3O2S. The molecule has 1 atom stereocenters. The SMILES string of the molecule is CC(C)N1CCC2(CCC(CNC(=O)CCc3nc4ccccc4s3)O2)CC1. The summed E-state index contributed by atoms with van der Waals surface area (Å²) in [6.07, 6.45) is 5.77. The van der Waals surface area contributed by atoms with Gasteiger partial charge in [-0.05, 0) is 51.7 Å². The second kappa shape index (κ2) is 8.47. The van der Waals surface area contributed by atoms with Gasteiger partial charge < -0.3 is 15.0 Å². The highest BCUT2D eigenvalue weighted by Gasteiger charge is 2.42. The van der Waals surface area contributed by atoms with E-state index in [0.717, 1.165) is 49.3 Å². The van der Waals surface area contributed by atoms with Gasteiger partial charge in [0, 0.05) is 38.5 Å². The standard InChI is InChI=1S/C22H31N3O2S/c1-16(2)25-13-11-22(12-14-25)10-9-17(27-22)15-23-20(26)7-8-21-24-18-5-3-4-6-19(18)28-21/h3-6,16-17H,7-15H2,1-2H3,(H,23,26). The smallest absolute Gasteiger partial charge is 0.220 e. The summed E-state index contributed by atoms with van der Waals surface area (Å²) in [5.74, 6) is 0.0958. The molecule has 6 heteroatoms. The van der Waals surface area contributed by atoms with Gasteiger partial charge in [0.1, 0.15) is 0 Å². The predicted octanol–water partition coefficient (Wildman–Crippen LogP) is 3.77. The number of benzene rings is 1. The van der Waals surface area contributed by atoms with Gasteiger partial charge in [0.25, 0.3) is 0 Å². The molecule has 4 rings (SSSR count). The lowest BCUT2D eigenvalue weighted by Crippen LogP contribution is -2.47. The van der Waals surface area contributed by atoms with Crippen molar-refractivity contribution in [2.45, 2.75) is 70.1 Å². The van der Waals surface area contributed by atoms with Gasteiger partial charge in [0.2, 0.25) is 5.91 Å². The molecule has 0 bridgehead atoms. The Hall–Kier alpha value is -1.50. The number of aromatic nitrogens is 1. The van der Waals surface area contributed by atoms with Gasteiger partial charge in [0.15, 0.2) is 0 Å². The van der Waals surface area contributed by atoms with Crippen LogP contribution in [0.3, 0.4) is 0 Å². The Morgan fingerprint density at radius 3 is 2.86 bits per heavy atom. The zero-order valence-electron chi connectivity index (χ0n) is 16.9. The Bertz CT molecular complexity index is 778. The molecule has 1 amide bonds. The summed E-state index contributed by atoms with van der Waals surface area (Å²) < 4.78 is 7.61. The lowest BCUT2D eigenvalue weighted by atomic mass is 9.88. The van der Waals surface area contributed by atoms with Crippen LogP contribution in [0.15, 0.2) is 24.3 Å². The van der Waals surface area contributed by atoms with E-state index in [0.29, 0.717) is 25.4 Å². The number of rotatable bonds is 6. The van der Waals surface area contributed by atoms with E-state index in [1.54, 1.807) is 11.3 Å². The normalized spacial score (nSPS) is 22.3. The molecule has 0 aliphatic carbocycles. The van der Waals surface area contributed by atoms with Crippen LogP contribution in [0.4, 0.5) is 0 Å². The van der Waals surface area contributed by atoms with Crippen LogP contribution in [-0.2, 0) is 16.0 Å². The van der Waals surface area contributed by atoms with E-state index in [1.165, 1.54) is 4.70 Å². The number of piperidine rings is 1. The molecule has 152 valence electrons. The largest absolute Gasteiger partial charge is 0.370 e. The summed E-state index contributed by atoms with van der Waals surface area (Å²) in [6, 6.07) is 8.74. The van der Waals surface area contributed by atoms with Crippen molar-refractivity contribution in [1.82, 2.24) is 15.2 Å². The highest BCUT2D eigenvalue weighted by Crippen LogP contribution is 2.39. The number of aryl methyl sites for hydroxylation is 1. The molecule has 0 saturated carbocycles. The molecule has 1 aromatic carbocycles. The van der Waals surface area contributed by atoms with Gasteiger partial charge >= 0.3 is 0 Å². The van der Waals surface area contributed by atoms with E-state index >= 15 is 0 Å². The average molecular weight is 402 g/mol. The summed E-state index contributed by atoms with van der Waals surface area (Å²) in [7, 11) is 0. The fraction of sp³-hybridized carbons (Fsp3) is 0.636. The van der Waals surface area contributed by atoms with Crippen molar-refractivity contribution < 1.29 is 9.53 Å². The van der Waals surface area contributed by atoms with Crippen LogP contribution in [0.1, 0.15) is 51.0 Å². The van der Waals surface area contributed by atoms with Gasteiger partial charge in [-0.2, -0.15) is 0 Å². The van der Waals surface area contributed by atoms with Crippen molar-refractivity contribution in [1.29, 1.82) is 0 Å². The van der Waals surface area contributed by atoms with Gasteiger partial charge in [0.05, 0.1) is 26.9 Å². The second-order valence-corrected chi connectivity index (χ2v) is 9.59. The maximum atomic E-state index is 12.3. The predicted molar refractivity (Wildman–Crippen MR) is 114 cm³/mol. The molecule has 1 N–H and O–H groups in total. The minimum atomic E-state index is 0.0573. The molecule has 2 aromatic rings. The third-order valence-electron chi connectivity index (χ3n) is 6.21. The quantitative estimate of drug-likeness (QED) is 0.801. The highest BCUT2D eigenvalue weighted by atomic mass is 32.1. The maximum Gasteiger partial charge on any atom is 0.220 e. The van der Waals surface area contributed by atoms with Crippen LogP contribution in [-0.4, -0.2) is 53.2 Å². The number of nitrogens with one attached hydrogen (secondary N) is 1. The summed E-state index contributed by atoms with van der Waals surface area (Å²) in [6.45, 7) is 7.41. The minimum Gasteiger partial charge on any atom is -0.370 e. The molecule has 2 aliphatic heterocycles. The van der Waals surface area contributed by atoms with Crippen LogP contribution < -0.4 is 5.32 Å². The number of carbonyl (C=O) groups excluding carboxylic acids is 1. The fourth-order valence-electron chi connectivity index (χ4n) is 4.42. The van der Waals surface area contributed by atoms with Crippen LogP contribution in [0.25, 0.3) is 10.2 Å². The Morgan fingerprint density at radius 1 is 1.32 bits per heavy atom. The molecule has 0 radical (unpaired) electrons. The number of fused-ring (bicyclic) bond motifs is 1.